The van der Waals surface area contributed by atoms with Gasteiger partial charge in [0.1, 0.15) is 17.4 Å². The van der Waals surface area contributed by atoms with Gasteiger partial charge in [-0.1, -0.05) is 22.0 Å². The zero-order valence-electron chi connectivity index (χ0n) is 13.9. The van der Waals surface area contributed by atoms with Crippen molar-refractivity contribution in [2.45, 2.75) is 32.6 Å². The number of rotatable bonds is 3. The molecule has 0 unspecified atom stereocenters. The van der Waals surface area contributed by atoms with Crippen LogP contribution in [0.15, 0.2) is 16.9 Å². The first-order valence-corrected chi connectivity index (χ1v) is 9.12. The number of ether oxygens (including phenoxy) is 1. The van der Waals surface area contributed by atoms with Crippen molar-refractivity contribution in [2.24, 2.45) is 5.92 Å². The number of allylic oxidation sites excluding steroid dienone is 2. The highest BCUT2D eigenvalue weighted by Crippen LogP contribution is 2.20. The second kappa shape index (κ2) is 7.58. The van der Waals surface area contributed by atoms with Gasteiger partial charge in [0, 0.05) is 21.8 Å². The molecule has 4 nitrogen and oxygen atoms in total. The highest BCUT2D eigenvalue weighted by Gasteiger charge is 2.18. The Bertz CT molecular complexity index is 705. The van der Waals surface area contributed by atoms with Crippen LogP contribution >= 0.6 is 15.9 Å². The zero-order chi connectivity index (χ0) is 16.2. The Morgan fingerprint density at radius 2 is 2.09 bits per heavy atom. The van der Waals surface area contributed by atoms with Gasteiger partial charge in [-0.15, -0.1) is 0 Å². The number of fused-ring (bicyclic) bond motifs is 1. The zero-order valence-corrected chi connectivity index (χ0v) is 15.5. The summed E-state index contributed by atoms with van der Waals surface area (Å²) in [6.45, 7) is 5.17. The minimum atomic E-state index is 0.654. The Balaban J connectivity index is 1.86. The van der Waals surface area contributed by atoms with Gasteiger partial charge in [-0.25, -0.2) is 9.97 Å². The highest BCUT2D eigenvalue weighted by molar-refractivity contribution is 9.12. The van der Waals surface area contributed by atoms with Crippen LogP contribution in [0.1, 0.15) is 31.4 Å². The molecule has 1 aliphatic carbocycles. The normalized spacial score (nSPS) is 26.2. The molecular weight excluding hydrogens is 354 g/mol. The number of piperidine rings is 1. The Kier molecular flexibility index (Phi) is 5.49. The second-order valence-electron chi connectivity index (χ2n) is 6.47. The van der Waals surface area contributed by atoms with Gasteiger partial charge < -0.3 is 9.64 Å². The Morgan fingerprint density at radius 3 is 2.87 bits per heavy atom. The van der Waals surface area contributed by atoms with Gasteiger partial charge in [0.25, 0.3) is 0 Å². The van der Waals surface area contributed by atoms with Crippen molar-refractivity contribution in [1.29, 1.82) is 0 Å². The molecule has 0 N–H and O–H groups in total. The van der Waals surface area contributed by atoms with Crippen LogP contribution in [-0.2, 0) is 4.74 Å². The van der Waals surface area contributed by atoms with E-state index in [0.29, 0.717) is 5.92 Å². The van der Waals surface area contributed by atoms with Gasteiger partial charge in [0.15, 0.2) is 0 Å². The third kappa shape index (κ3) is 4.21. The topological polar surface area (TPSA) is 38.3 Å². The highest BCUT2D eigenvalue weighted by atomic mass is 79.9. The van der Waals surface area contributed by atoms with E-state index in [2.05, 4.69) is 50.0 Å². The number of hydrogen-bond donors (Lipinski definition) is 0. The maximum absolute atomic E-state index is 6.25. The summed E-state index contributed by atoms with van der Waals surface area (Å²) in [6, 6.07) is 0. The summed E-state index contributed by atoms with van der Waals surface area (Å²) in [5.74, 6) is 1.67. The van der Waals surface area contributed by atoms with Crippen LogP contribution in [0, 0.1) is 12.8 Å². The Labute approximate surface area is 146 Å². The van der Waals surface area contributed by atoms with Crippen molar-refractivity contribution < 1.29 is 4.74 Å². The molecule has 1 aliphatic heterocycles. The molecule has 23 heavy (non-hydrogen) atoms. The largest absolute Gasteiger partial charge is 0.495 e. The number of likely N-dealkylation sites (tertiary alicyclic amines) is 1. The van der Waals surface area contributed by atoms with Gasteiger partial charge >= 0.3 is 0 Å². The van der Waals surface area contributed by atoms with Crippen molar-refractivity contribution in [3.63, 3.8) is 0 Å². The lowest BCUT2D eigenvalue weighted by molar-refractivity contribution is 0.139. The number of hydrogen-bond acceptors (Lipinski definition) is 4. The van der Waals surface area contributed by atoms with E-state index >= 15 is 0 Å². The molecule has 1 saturated heterocycles. The first-order valence-electron chi connectivity index (χ1n) is 8.33. The van der Waals surface area contributed by atoms with E-state index in [4.69, 9.17) is 4.74 Å². The van der Waals surface area contributed by atoms with E-state index in [1.54, 1.807) is 6.33 Å². The molecule has 1 fully saturated rings. The van der Waals surface area contributed by atoms with Crippen LogP contribution in [0.4, 0.5) is 0 Å². The van der Waals surface area contributed by atoms with Crippen LogP contribution in [0.2, 0.25) is 0 Å². The first kappa shape index (κ1) is 16.7. The average Bonchev–Trinajstić information content (AvgIpc) is 2.53. The van der Waals surface area contributed by atoms with Crippen molar-refractivity contribution in [1.82, 2.24) is 14.9 Å². The maximum Gasteiger partial charge on any atom is 0.123 e. The lowest BCUT2D eigenvalue weighted by Crippen LogP contribution is -2.36. The molecule has 124 valence electrons. The van der Waals surface area contributed by atoms with Crippen LogP contribution in [-0.4, -0.2) is 41.6 Å². The molecule has 0 atom stereocenters. The molecule has 0 saturated carbocycles. The standard InChI is InChI=1S/C18H24BrN3O/c1-13-16-10-15(19)4-3-5-17(18(16)21-12-20-13)23-11-14-6-8-22(2)9-7-14/h4,10,12,14H,3,5-9,11H2,1-2H3/b15-4+,16-10-,18-17+. The third-order valence-corrected chi connectivity index (χ3v) is 5.22. The lowest BCUT2D eigenvalue weighted by atomic mass is 9.98. The Hall–Kier alpha value is -1.20. The minimum Gasteiger partial charge on any atom is -0.495 e. The fourth-order valence-electron chi connectivity index (χ4n) is 3.12. The quantitative estimate of drug-likeness (QED) is 0.808. The number of halogens is 1. The van der Waals surface area contributed by atoms with Crippen molar-refractivity contribution in [2.75, 3.05) is 26.7 Å². The molecule has 0 aromatic carbocycles. The molecular formula is C18H24BrN3O. The van der Waals surface area contributed by atoms with Crippen LogP contribution in [0.25, 0.3) is 11.8 Å². The SMILES string of the molecule is Cc1ncnc2/c1=C\C(Br)=C/CC/C=2OCC1CCN(C)CC1. The number of nitrogens with zero attached hydrogens (tertiary/aromatic N) is 3. The second-order valence-corrected chi connectivity index (χ2v) is 7.39. The summed E-state index contributed by atoms with van der Waals surface area (Å²) in [7, 11) is 2.19. The van der Waals surface area contributed by atoms with E-state index in [1.807, 2.05) is 6.92 Å². The van der Waals surface area contributed by atoms with Crippen molar-refractivity contribution in [3.05, 3.63) is 33.1 Å². The summed E-state index contributed by atoms with van der Waals surface area (Å²) in [6.07, 6.45) is 10.2. The molecule has 3 rings (SSSR count). The van der Waals surface area contributed by atoms with Crippen molar-refractivity contribution in [3.8, 4) is 0 Å². The predicted octanol–water partition coefficient (Wildman–Crippen LogP) is 2.10. The smallest absolute Gasteiger partial charge is 0.123 e. The molecule has 1 aromatic rings. The van der Waals surface area contributed by atoms with Crippen molar-refractivity contribution >= 4 is 27.8 Å². The number of aromatic nitrogens is 2. The van der Waals surface area contributed by atoms with Crippen LogP contribution in [0.5, 0.6) is 0 Å². The maximum atomic E-state index is 6.25. The van der Waals surface area contributed by atoms with Crippen LogP contribution in [0.3, 0.4) is 0 Å². The fraction of sp³-hybridized carbons (Fsp3) is 0.556. The van der Waals surface area contributed by atoms with Gasteiger partial charge in [-0.3, -0.25) is 0 Å². The number of aryl methyl sites for hydroxylation is 1. The molecule has 1 aromatic heterocycles. The molecule has 0 bridgehead atoms. The van der Waals surface area contributed by atoms with E-state index in [-0.39, 0.29) is 0 Å². The Morgan fingerprint density at radius 1 is 1.30 bits per heavy atom. The fourth-order valence-corrected chi connectivity index (χ4v) is 3.58. The van der Waals surface area contributed by atoms with E-state index in [1.165, 1.54) is 25.9 Å². The van der Waals surface area contributed by atoms with E-state index in [9.17, 15) is 0 Å². The summed E-state index contributed by atoms with van der Waals surface area (Å²) in [4.78, 5) is 11.2. The molecule has 2 heterocycles. The summed E-state index contributed by atoms with van der Waals surface area (Å²) < 4.78 is 7.34. The monoisotopic (exact) mass is 377 g/mol. The molecule has 2 aliphatic rings. The van der Waals surface area contributed by atoms with Gasteiger partial charge in [0.2, 0.25) is 0 Å². The molecule has 5 heteroatoms. The van der Waals surface area contributed by atoms with E-state index in [0.717, 1.165) is 46.0 Å². The summed E-state index contributed by atoms with van der Waals surface area (Å²) in [5, 5.41) is 2.02. The predicted molar refractivity (Wildman–Crippen MR) is 96.3 cm³/mol. The first-order chi connectivity index (χ1) is 11.1. The summed E-state index contributed by atoms with van der Waals surface area (Å²) >= 11 is 3.60. The van der Waals surface area contributed by atoms with Gasteiger partial charge in [0.05, 0.1) is 6.61 Å². The summed E-state index contributed by atoms with van der Waals surface area (Å²) in [5.41, 5.74) is 0.989. The lowest BCUT2D eigenvalue weighted by Gasteiger charge is -2.29. The molecule has 0 radical (unpaired) electrons. The molecule has 0 spiro atoms. The average molecular weight is 378 g/mol. The molecule has 0 amide bonds. The van der Waals surface area contributed by atoms with Gasteiger partial charge in [-0.2, -0.15) is 0 Å². The van der Waals surface area contributed by atoms with Gasteiger partial charge in [-0.05, 0) is 58.3 Å². The third-order valence-electron chi connectivity index (χ3n) is 4.67. The van der Waals surface area contributed by atoms with Crippen LogP contribution < -0.4 is 10.6 Å². The minimum absolute atomic E-state index is 0.654. The van der Waals surface area contributed by atoms with E-state index < -0.39 is 0 Å².